The summed E-state index contributed by atoms with van der Waals surface area (Å²) in [5.74, 6) is -1.44. The number of nitrogens with one attached hydrogen (secondary N) is 1. The Kier molecular flexibility index (Phi) is 7.76. The number of nitrogens with zero attached hydrogens (tertiary/aromatic N) is 1. The number of hydrogen-bond acceptors (Lipinski definition) is 4. The van der Waals surface area contributed by atoms with E-state index < -0.39 is 17.6 Å². The van der Waals surface area contributed by atoms with Crippen molar-refractivity contribution in [1.82, 2.24) is 4.98 Å². The van der Waals surface area contributed by atoms with E-state index in [-0.39, 0.29) is 17.2 Å². The molecule has 0 bridgehead atoms. The molecule has 0 spiro atoms. The van der Waals surface area contributed by atoms with Gasteiger partial charge in [-0.2, -0.15) is 0 Å². The van der Waals surface area contributed by atoms with Crippen molar-refractivity contribution in [1.29, 1.82) is 0 Å². The van der Waals surface area contributed by atoms with Crippen LogP contribution in [0, 0.1) is 17.6 Å². The van der Waals surface area contributed by atoms with Crippen molar-refractivity contribution in [2.75, 3.05) is 12.4 Å². The second-order valence-corrected chi connectivity index (χ2v) is 7.66. The molecular formula is C25H26F2N2O3. The summed E-state index contributed by atoms with van der Waals surface area (Å²) in [5, 5.41) is 21.4. The molecule has 0 saturated heterocycles. The number of aromatic hydroxyl groups is 1. The molecular weight excluding hydrogens is 414 g/mol. The van der Waals surface area contributed by atoms with Crippen molar-refractivity contribution < 1.29 is 23.8 Å². The number of phenolic OH excluding ortho intramolecular Hbond substituents is 1. The molecule has 3 aromatic rings. The highest BCUT2D eigenvalue weighted by Gasteiger charge is 2.19. The van der Waals surface area contributed by atoms with Crippen LogP contribution in [-0.4, -0.2) is 28.2 Å². The van der Waals surface area contributed by atoms with Gasteiger partial charge in [0.1, 0.15) is 23.2 Å². The molecule has 1 heterocycles. The zero-order chi connectivity index (χ0) is 23.1. The Morgan fingerprint density at radius 1 is 1.00 bits per heavy atom. The Labute approximate surface area is 185 Å². The standard InChI is InChI=1S/C18H14F2N2O.C7H12O2/c1-21-17-10-11(18-13(19)6-4-7-14(18)20)9-15(22-17)12-5-2-3-8-16(12)23;8-7(9)6-4-2-1-3-5-6/h2-10,23H,1H3,(H,21,22);6H,1-5H2,(H,8,9). The predicted molar refractivity (Wildman–Crippen MR) is 120 cm³/mol. The highest BCUT2D eigenvalue weighted by Crippen LogP contribution is 2.34. The number of carboxylic acid groups (broad SMARTS) is 1. The number of para-hydroxylation sites is 1. The molecule has 7 heteroatoms. The number of aliphatic carboxylic acids is 1. The molecule has 0 unspecified atom stereocenters. The molecule has 2 aromatic carbocycles. The van der Waals surface area contributed by atoms with E-state index >= 15 is 0 Å². The van der Waals surface area contributed by atoms with Crippen LogP contribution in [0.4, 0.5) is 14.6 Å². The van der Waals surface area contributed by atoms with Crippen molar-refractivity contribution >= 4 is 11.8 Å². The van der Waals surface area contributed by atoms with Crippen molar-refractivity contribution in [2.24, 2.45) is 5.92 Å². The molecule has 3 N–H and O–H groups in total. The average molecular weight is 440 g/mol. The number of rotatable bonds is 4. The number of pyridine rings is 1. The van der Waals surface area contributed by atoms with E-state index in [0.29, 0.717) is 22.6 Å². The van der Waals surface area contributed by atoms with E-state index in [2.05, 4.69) is 10.3 Å². The molecule has 1 aromatic heterocycles. The fourth-order valence-corrected chi connectivity index (χ4v) is 3.75. The first kappa shape index (κ1) is 23.2. The van der Waals surface area contributed by atoms with Crippen LogP contribution in [0.5, 0.6) is 5.75 Å². The van der Waals surface area contributed by atoms with Crippen molar-refractivity contribution in [3.63, 3.8) is 0 Å². The van der Waals surface area contributed by atoms with Gasteiger partial charge in [0, 0.05) is 12.6 Å². The normalized spacial score (nSPS) is 13.7. The third-order valence-corrected chi connectivity index (χ3v) is 5.47. The van der Waals surface area contributed by atoms with Crippen LogP contribution >= 0.6 is 0 Å². The fourth-order valence-electron chi connectivity index (χ4n) is 3.75. The highest BCUT2D eigenvalue weighted by atomic mass is 19.1. The summed E-state index contributed by atoms with van der Waals surface area (Å²) in [6.45, 7) is 0. The lowest BCUT2D eigenvalue weighted by Crippen LogP contribution is -2.16. The summed E-state index contributed by atoms with van der Waals surface area (Å²) in [5.41, 5.74) is 1.14. The molecule has 0 aliphatic heterocycles. The molecule has 1 saturated carbocycles. The van der Waals surface area contributed by atoms with Gasteiger partial charge in [-0.3, -0.25) is 4.79 Å². The summed E-state index contributed by atoms with van der Waals surface area (Å²) in [6, 6.07) is 13.5. The topological polar surface area (TPSA) is 82.5 Å². The minimum absolute atomic E-state index is 0.0289. The van der Waals surface area contributed by atoms with Gasteiger partial charge < -0.3 is 15.5 Å². The van der Waals surface area contributed by atoms with Gasteiger partial charge in [-0.1, -0.05) is 37.5 Å². The summed E-state index contributed by atoms with van der Waals surface area (Å²) in [7, 11) is 1.67. The molecule has 1 aliphatic carbocycles. The Morgan fingerprint density at radius 2 is 1.66 bits per heavy atom. The van der Waals surface area contributed by atoms with Crippen LogP contribution in [0.15, 0.2) is 54.6 Å². The van der Waals surface area contributed by atoms with Gasteiger partial charge in [0.2, 0.25) is 0 Å². The van der Waals surface area contributed by atoms with Crippen molar-refractivity contribution in [2.45, 2.75) is 32.1 Å². The Bertz CT molecular complexity index is 1060. The second kappa shape index (κ2) is 10.7. The number of carboxylic acids is 1. The lowest BCUT2D eigenvalue weighted by atomic mass is 9.90. The molecule has 5 nitrogen and oxygen atoms in total. The summed E-state index contributed by atoms with van der Waals surface area (Å²) >= 11 is 0. The van der Waals surface area contributed by atoms with Crippen LogP contribution < -0.4 is 5.32 Å². The van der Waals surface area contributed by atoms with E-state index in [4.69, 9.17) is 5.11 Å². The van der Waals surface area contributed by atoms with Gasteiger partial charge in [0.25, 0.3) is 0 Å². The smallest absolute Gasteiger partial charge is 0.306 e. The fraction of sp³-hybridized carbons (Fsp3) is 0.280. The molecule has 168 valence electrons. The number of halogens is 2. The Hall–Kier alpha value is -3.48. The summed E-state index contributed by atoms with van der Waals surface area (Å²) in [6.07, 6.45) is 5.24. The number of benzene rings is 2. The molecule has 1 aliphatic rings. The number of phenols is 1. The van der Waals surface area contributed by atoms with E-state index in [9.17, 15) is 18.7 Å². The van der Waals surface area contributed by atoms with Crippen LogP contribution in [0.2, 0.25) is 0 Å². The maximum absolute atomic E-state index is 14.1. The molecule has 1 fully saturated rings. The Balaban J connectivity index is 0.000000269. The minimum Gasteiger partial charge on any atom is -0.507 e. The van der Waals surface area contributed by atoms with E-state index in [1.165, 1.54) is 30.7 Å². The van der Waals surface area contributed by atoms with Gasteiger partial charge >= 0.3 is 5.97 Å². The molecule has 0 radical (unpaired) electrons. The van der Waals surface area contributed by atoms with Crippen LogP contribution in [-0.2, 0) is 4.79 Å². The first-order valence-electron chi connectivity index (χ1n) is 10.6. The SMILES string of the molecule is CNc1cc(-c2c(F)cccc2F)cc(-c2ccccc2O)n1.O=C(O)C1CCCCC1. The van der Waals surface area contributed by atoms with Gasteiger partial charge in [-0.05, 0) is 54.8 Å². The van der Waals surface area contributed by atoms with E-state index in [0.717, 1.165) is 25.7 Å². The number of aromatic nitrogens is 1. The average Bonchev–Trinajstić information content (AvgIpc) is 2.80. The van der Waals surface area contributed by atoms with Gasteiger partial charge in [-0.25, -0.2) is 13.8 Å². The van der Waals surface area contributed by atoms with Crippen molar-refractivity contribution in [3.8, 4) is 28.1 Å². The maximum atomic E-state index is 14.1. The van der Waals surface area contributed by atoms with Gasteiger partial charge in [-0.15, -0.1) is 0 Å². The molecule has 0 amide bonds. The summed E-state index contributed by atoms with van der Waals surface area (Å²) in [4.78, 5) is 14.7. The Morgan fingerprint density at radius 3 is 2.22 bits per heavy atom. The first-order valence-corrected chi connectivity index (χ1v) is 10.6. The third-order valence-electron chi connectivity index (χ3n) is 5.47. The molecule has 32 heavy (non-hydrogen) atoms. The maximum Gasteiger partial charge on any atom is 0.306 e. The predicted octanol–water partition coefficient (Wildman–Crippen LogP) is 6.09. The highest BCUT2D eigenvalue weighted by molar-refractivity contribution is 5.76. The quantitative estimate of drug-likeness (QED) is 0.457. The minimum atomic E-state index is -0.651. The molecule has 0 atom stereocenters. The zero-order valence-corrected chi connectivity index (χ0v) is 17.8. The number of carbonyl (C=O) groups is 1. The van der Waals surface area contributed by atoms with Gasteiger partial charge in [0.05, 0.1) is 17.2 Å². The lowest BCUT2D eigenvalue weighted by molar-refractivity contribution is -0.142. The second-order valence-electron chi connectivity index (χ2n) is 7.66. The van der Waals surface area contributed by atoms with Gasteiger partial charge in [0.15, 0.2) is 0 Å². The monoisotopic (exact) mass is 440 g/mol. The van der Waals surface area contributed by atoms with Crippen molar-refractivity contribution in [3.05, 3.63) is 66.2 Å². The molecule has 4 rings (SSSR count). The number of anilines is 1. The zero-order valence-electron chi connectivity index (χ0n) is 17.8. The van der Waals surface area contributed by atoms with Crippen LogP contribution in [0.3, 0.4) is 0 Å². The third kappa shape index (κ3) is 5.60. The largest absolute Gasteiger partial charge is 0.507 e. The number of hydrogen-bond donors (Lipinski definition) is 3. The summed E-state index contributed by atoms with van der Waals surface area (Å²) < 4.78 is 28.1. The van der Waals surface area contributed by atoms with E-state index in [1.807, 2.05) is 0 Å². The van der Waals surface area contributed by atoms with Crippen LogP contribution in [0.25, 0.3) is 22.4 Å². The lowest BCUT2D eigenvalue weighted by Gasteiger charge is -2.16. The van der Waals surface area contributed by atoms with E-state index in [1.54, 1.807) is 37.4 Å². The first-order chi connectivity index (χ1) is 15.4. The van der Waals surface area contributed by atoms with Crippen LogP contribution in [0.1, 0.15) is 32.1 Å².